The van der Waals surface area contributed by atoms with E-state index < -0.39 is 4.92 Å². The van der Waals surface area contributed by atoms with Crippen LogP contribution in [0.15, 0.2) is 29.2 Å². The van der Waals surface area contributed by atoms with E-state index in [1.54, 1.807) is 6.08 Å². The molecule has 0 spiro atoms. The van der Waals surface area contributed by atoms with Gasteiger partial charge in [0.1, 0.15) is 0 Å². The van der Waals surface area contributed by atoms with E-state index in [9.17, 15) is 10.1 Å². The van der Waals surface area contributed by atoms with Gasteiger partial charge < -0.3 is 10.5 Å². The third kappa shape index (κ3) is 9.10. The second kappa shape index (κ2) is 9.38. The fourth-order valence-electron chi connectivity index (χ4n) is 0.922. The van der Waals surface area contributed by atoms with Crippen molar-refractivity contribution in [1.82, 2.24) is 0 Å². The van der Waals surface area contributed by atoms with Crippen molar-refractivity contribution in [3.05, 3.63) is 34.3 Å². The SMILES string of the molecule is CC/C=C/C(=N\C(N)=C\[N+](=O)[O-])OCCCC. The zero-order valence-electron chi connectivity index (χ0n) is 10.3. The highest BCUT2D eigenvalue weighted by molar-refractivity contribution is 5.88. The minimum atomic E-state index is -0.647. The highest BCUT2D eigenvalue weighted by Crippen LogP contribution is 1.97. The van der Waals surface area contributed by atoms with Gasteiger partial charge in [0, 0.05) is 0 Å². The summed E-state index contributed by atoms with van der Waals surface area (Å²) in [6.45, 7) is 4.54. The predicted octanol–water partition coefficient (Wildman–Crippen LogP) is 2.20. The van der Waals surface area contributed by atoms with Crippen molar-refractivity contribution in [3.63, 3.8) is 0 Å². The van der Waals surface area contributed by atoms with Gasteiger partial charge in [-0.15, -0.1) is 0 Å². The van der Waals surface area contributed by atoms with Crippen molar-refractivity contribution in [2.75, 3.05) is 6.61 Å². The number of ether oxygens (including phenoxy) is 1. The largest absolute Gasteiger partial charge is 0.478 e. The van der Waals surface area contributed by atoms with Gasteiger partial charge in [-0.2, -0.15) is 4.99 Å². The summed E-state index contributed by atoms with van der Waals surface area (Å²) in [6.07, 6.45) is 6.89. The lowest BCUT2D eigenvalue weighted by Crippen LogP contribution is -2.07. The van der Waals surface area contributed by atoms with E-state index in [0.717, 1.165) is 19.3 Å². The lowest BCUT2D eigenvalue weighted by molar-refractivity contribution is -0.403. The number of hydrogen-bond donors (Lipinski definition) is 1. The fraction of sp³-hybridized carbons (Fsp3) is 0.545. The van der Waals surface area contributed by atoms with E-state index in [1.165, 1.54) is 0 Å². The standard InChI is InChI=1S/C11H19N3O3/c1-3-5-7-11(17-8-6-4-2)13-10(12)9-14(15)16/h5,7,9H,3-4,6,8,12H2,1-2H3/b7-5+,10-9+,13-11+. The third-order valence-corrected chi connectivity index (χ3v) is 1.72. The molecule has 17 heavy (non-hydrogen) atoms. The van der Waals surface area contributed by atoms with Gasteiger partial charge in [0.2, 0.25) is 5.90 Å². The topological polar surface area (TPSA) is 90.8 Å². The molecule has 0 aromatic rings. The maximum absolute atomic E-state index is 10.2. The van der Waals surface area contributed by atoms with Crippen molar-refractivity contribution in [3.8, 4) is 0 Å². The molecule has 0 saturated carbocycles. The third-order valence-electron chi connectivity index (χ3n) is 1.72. The zero-order valence-corrected chi connectivity index (χ0v) is 10.3. The van der Waals surface area contributed by atoms with E-state index in [2.05, 4.69) is 4.99 Å². The molecule has 2 N–H and O–H groups in total. The molecule has 0 rings (SSSR count). The van der Waals surface area contributed by atoms with Crippen LogP contribution in [0.4, 0.5) is 0 Å². The van der Waals surface area contributed by atoms with Crippen LogP contribution in [0.25, 0.3) is 0 Å². The molecule has 0 aliphatic rings. The van der Waals surface area contributed by atoms with Crippen molar-refractivity contribution in [1.29, 1.82) is 0 Å². The second-order valence-corrected chi connectivity index (χ2v) is 3.30. The number of nitrogens with zero attached hydrogens (tertiary/aromatic N) is 2. The molecule has 6 heteroatoms. The summed E-state index contributed by atoms with van der Waals surface area (Å²) in [4.78, 5) is 13.4. The van der Waals surface area contributed by atoms with Crippen LogP contribution in [0.3, 0.4) is 0 Å². The molecule has 0 aromatic carbocycles. The van der Waals surface area contributed by atoms with Crippen LogP contribution in [-0.2, 0) is 4.74 Å². The van der Waals surface area contributed by atoms with Crippen LogP contribution in [0.1, 0.15) is 33.1 Å². The minimum Gasteiger partial charge on any atom is -0.478 e. The summed E-state index contributed by atoms with van der Waals surface area (Å²) in [5, 5.41) is 10.2. The first-order valence-electron chi connectivity index (χ1n) is 5.59. The molecule has 0 amide bonds. The van der Waals surface area contributed by atoms with Gasteiger partial charge in [0.25, 0.3) is 6.20 Å². The Labute approximate surface area is 101 Å². The van der Waals surface area contributed by atoms with Crippen LogP contribution in [0.2, 0.25) is 0 Å². The Morgan fingerprint density at radius 2 is 2.24 bits per heavy atom. The van der Waals surface area contributed by atoms with Crippen LogP contribution >= 0.6 is 0 Å². The summed E-state index contributed by atoms with van der Waals surface area (Å²) in [5.41, 5.74) is 5.37. The van der Waals surface area contributed by atoms with E-state index in [4.69, 9.17) is 10.5 Å². The lowest BCUT2D eigenvalue weighted by Gasteiger charge is -2.04. The first-order chi connectivity index (χ1) is 8.10. The second-order valence-electron chi connectivity index (χ2n) is 3.30. The molecule has 96 valence electrons. The number of allylic oxidation sites excluding steroid dienone is 1. The summed E-state index contributed by atoms with van der Waals surface area (Å²) >= 11 is 0. The molecule has 0 atom stereocenters. The first kappa shape index (κ1) is 15.2. The predicted molar refractivity (Wildman–Crippen MR) is 67.0 cm³/mol. The Hall–Kier alpha value is -1.85. The smallest absolute Gasteiger partial charge is 0.276 e. The average molecular weight is 241 g/mol. The van der Waals surface area contributed by atoms with Crippen LogP contribution in [-0.4, -0.2) is 17.4 Å². The molecule has 0 unspecified atom stereocenters. The molecule has 0 bridgehead atoms. The Bertz CT molecular complexity index is 322. The van der Waals surface area contributed by atoms with Crippen molar-refractivity contribution >= 4 is 5.90 Å². The molecule has 0 aliphatic carbocycles. The molecule has 0 fully saturated rings. The van der Waals surface area contributed by atoms with Gasteiger partial charge in [-0.3, -0.25) is 10.1 Å². The van der Waals surface area contributed by atoms with Gasteiger partial charge in [-0.25, -0.2) is 0 Å². The fourth-order valence-corrected chi connectivity index (χ4v) is 0.922. The maximum atomic E-state index is 10.2. The van der Waals surface area contributed by atoms with Gasteiger partial charge >= 0.3 is 0 Å². The number of unbranched alkanes of at least 4 members (excludes halogenated alkanes) is 1. The van der Waals surface area contributed by atoms with E-state index in [1.807, 2.05) is 19.9 Å². The van der Waals surface area contributed by atoms with Crippen molar-refractivity contribution in [2.24, 2.45) is 10.7 Å². The minimum absolute atomic E-state index is 0.178. The Kier molecular flexibility index (Phi) is 8.36. The van der Waals surface area contributed by atoms with Crippen LogP contribution in [0.5, 0.6) is 0 Å². The molecule has 0 saturated heterocycles. The number of rotatable bonds is 7. The molecule has 6 nitrogen and oxygen atoms in total. The lowest BCUT2D eigenvalue weighted by atomic mass is 10.3. The number of nitrogens with two attached hydrogens (primary N) is 1. The van der Waals surface area contributed by atoms with Crippen molar-refractivity contribution in [2.45, 2.75) is 33.1 Å². The van der Waals surface area contributed by atoms with Crippen LogP contribution < -0.4 is 5.73 Å². The summed E-state index contributed by atoms with van der Waals surface area (Å²) in [6, 6.07) is 0. The summed E-state index contributed by atoms with van der Waals surface area (Å²) in [7, 11) is 0. The quantitative estimate of drug-likeness (QED) is 0.243. The Morgan fingerprint density at radius 1 is 1.53 bits per heavy atom. The average Bonchev–Trinajstić information content (AvgIpc) is 2.24. The molecule has 0 aliphatic heterocycles. The van der Waals surface area contributed by atoms with Gasteiger partial charge in [0.15, 0.2) is 5.82 Å². The normalized spacial score (nSPS) is 13.1. The number of aliphatic imine (C=N–C) groups is 1. The molecular formula is C11H19N3O3. The van der Waals surface area contributed by atoms with Gasteiger partial charge in [-0.05, 0) is 18.9 Å². The zero-order chi connectivity index (χ0) is 13.1. The highest BCUT2D eigenvalue weighted by Gasteiger charge is 1.99. The van der Waals surface area contributed by atoms with E-state index in [0.29, 0.717) is 18.7 Å². The molecule has 0 radical (unpaired) electrons. The van der Waals surface area contributed by atoms with Crippen molar-refractivity contribution < 1.29 is 9.66 Å². The summed E-state index contributed by atoms with van der Waals surface area (Å²) < 4.78 is 5.36. The highest BCUT2D eigenvalue weighted by atomic mass is 16.6. The number of nitro groups is 1. The molecular weight excluding hydrogens is 222 g/mol. The Morgan fingerprint density at radius 3 is 2.76 bits per heavy atom. The monoisotopic (exact) mass is 241 g/mol. The van der Waals surface area contributed by atoms with Gasteiger partial charge in [-0.1, -0.05) is 26.3 Å². The molecule has 0 heterocycles. The maximum Gasteiger partial charge on any atom is 0.276 e. The van der Waals surface area contributed by atoms with E-state index >= 15 is 0 Å². The van der Waals surface area contributed by atoms with E-state index in [-0.39, 0.29) is 5.82 Å². The van der Waals surface area contributed by atoms with Gasteiger partial charge in [0.05, 0.1) is 11.5 Å². The summed E-state index contributed by atoms with van der Waals surface area (Å²) in [5.74, 6) is 0.123. The van der Waals surface area contributed by atoms with Crippen LogP contribution in [0, 0.1) is 10.1 Å². The first-order valence-corrected chi connectivity index (χ1v) is 5.59. The Balaban J connectivity index is 4.59. The number of hydrogen-bond acceptors (Lipinski definition) is 5. The molecule has 0 aromatic heterocycles.